The maximum atomic E-state index is 13.0. The van der Waals surface area contributed by atoms with Crippen molar-refractivity contribution >= 4 is 11.9 Å². The molecular formula is C21H24F4N4O3. The zero-order chi connectivity index (χ0) is 23.5. The number of fused-ring (bicyclic) bond motifs is 1. The summed E-state index contributed by atoms with van der Waals surface area (Å²) in [6.07, 6.45) is 1.30. The molecule has 7 nitrogen and oxygen atoms in total. The Labute approximate surface area is 182 Å². The van der Waals surface area contributed by atoms with Gasteiger partial charge in [0.2, 0.25) is 5.91 Å². The molecular weight excluding hydrogens is 432 g/mol. The van der Waals surface area contributed by atoms with Crippen LogP contribution in [0.5, 0.6) is 0 Å². The van der Waals surface area contributed by atoms with E-state index in [1.807, 2.05) is 22.8 Å². The third-order valence-corrected chi connectivity index (χ3v) is 5.67. The van der Waals surface area contributed by atoms with Crippen LogP contribution >= 0.6 is 0 Å². The largest absolute Gasteiger partial charge is 0.490 e. The highest BCUT2D eigenvalue weighted by Gasteiger charge is 2.44. The smallest absolute Gasteiger partial charge is 0.475 e. The van der Waals surface area contributed by atoms with E-state index in [2.05, 4.69) is 16.2 Å². The number of carboxylic acid groups (broad SMARTS) is 1. The first-order valence-electron chi connectivity index (χ1n) is 10.1. The van der Waals surface area contributed by atoms with Gasteiger partial charge in [0.1, 0.15) is 5.82 Å². The molecule has 2 atom stereocenters. The van der Waals surface area contributed by atoms with Crippen molar-refractivity contribution in [3.05, 3.63) is 53.6 Å². The summed E-state index contributed by atoms with van der Waals surface area (Å²) in [7, 11) is 1.93. The van der Waals surface area contributed by atoms with Crippen molar-refractivity contribution in [2.75, 3.05) is 13.1 Å². The summed E-state index contributed by atoms with van der Waals surface area (Å²) in [5.41, 5.74) is 2.10. The molecule has 3 heterocycles. The Kier molecular flexibility index (Phi) is 7.17. The van der Waals surface area contributed by atoms with Gasteiger partial charge in [-0.2, -0.15) is 18.3 Å². The number of halogens is 4. The van der Waals surface area contributed by atoms with Crippen molar-refractivity contribution in [3.63, 3.8) is 0 Å². The first-order valence-corrected chi connectivity index (χ1v) is 10.1. The zero-order valence-electron chi connectivity index (χ0n) is 17.4. The highest BCUT2D eigenvalue weighted by Crippen LogP contribution is 2.33. The number of carbonyl (C=O) groups excluding carboxylic acids is 1. The molecule has 0 aliphatic carbocycles. The highest BCUT2D eigenvalue weighted by molar-refractivity contribution is 5.79. The van der Waals surface area contributed by atoms with Gasteiger partial charge in [0, 0.05) is 50.5 Å². The summed E-state index contributed by atoms with van der Waals surface area (Å²) < 4.78 is 46.6. The molecule has 2 aromatic rings. The van der Waals surface area contributed by atoms with Crippen molar-refractivity contribution in [2.45, 2.75) is 44.1 Å². The van der Waals surface area contributed by atoms with Crippen LogP contribution in [-0.4, -0.2) is 67.9 Å². The molecule has 2 aliphatic rings. The molecule has 1 amide bonds. The molecule has 0 unspecified atom stereocenters. The fourth-order valence-electron chi connectivity index (χ4n) is 4.25. The summed E-state index contributed by atoms with van der Waals surface area (Å²) >= 11 is 0. The fraction of sp³-hybridized carbons (Fsp3) is 0.476. The zero-order valence-corrected chi connectivity index (χ0v) is 17.4. The highest BCUT2D eigenvalue weighted by atomic mass is 19.4. The molecule has 174 valence electrons. The molecule has 11 heteroatoms. The Bertz CT molecular complexity index is 945. The Morgan fingerprint density at radius 1 is 1.09 bits per heavy atom. The van der Waals surface area contributed by atoms with E-state index in [0.717, 1.165) is 38.0 Å². The van der Waals surface area contributed by atoms with Gasteiger partial charge in [-0.1, -0.05) is 12.1 Å². The molecule has 2 fully saturated rings. The van der Waals surface area contributed by atoms with Gasteiger partial charge in [-0.15, -0.1) is 0 Å². The van der Waals surface area contributed by atoms with Gasteiger partial charge in [0.15, 0.2) is 0 Å². The van der Waals surface area contributed by atoms with Crippen molar-refractivity contribution < 1.29 is 32.3 Å². The molecule has 0 bridgehead atoms. The number of likely N-dealkylation sites (tertiary alicyclic amines) is 2. The predicted molar refractivity (Wildman–Crippen MR) is 106 cm³/mol. The summed E-state index contributed by atoms with van der Waals surface area (Å²) in [5.74, 6) is -2.87. The van der Waals surface area contributed by atoms with Crippen LogP contribution in [0.1, 0.15) is 24.0 Å². The number of nitrogens with zero attached hydrogens (tertiary/aromatic N) is 4. The van der Waals surface area contributed by atoms with Crippen LogP contribution in [0.25, 0.3) is 0 Å². The molecule has 0 radical (unpaired) electrons. The van der Waals surface area contributed by atoms with Gasteiger partial charge in [-0.3, -0.25) is 14.4 Å². The Morgan fingerprint density at radius 3 is 2.28 bits per heavy atom. The number of aliphatic carboxylic acids is 1. The van der Waals surface area contributed by atoms with E-state index in [0.29, 0.717) is 18.5 Å². The number of aromatic nitrogens is 2. The van der Waals surface area contributed by atoms with E-state index < -0.39 is 12.1 Å². The first kappa shape index (κ1) is 23.7. The Hall–Kier alpha value is -2.95. The average molecular weight is 456 g/mol. The molecule has 0 saturated carbocycles. The van der Waals surface area contributed by atoms with Crippen LogP contribution < -0.4 is 0 Å². The minimum Gasteiger partial charge on any atom is -0.475 e. The molecule has 4 rings (SSSR count). The lowest BCUT2D eigenvalue weighted by atomic mass is 10.1. The topological polar surface area (TPSA) is 78.7 Å². The standard InChI is InChI=1S/C19H23FN4O.C2HF3O2/c1-22-12-15(11-21-22)13-23-8-6-18-17(23)7-9-24(18)19(25)10-14-2-4-16(20)5-3-14;3-2(4,5)1(6)7/h2-5,11-12,17-18H,6-10,13H2,1H3;(H,6,7)/t17-,18+;/m0./s1. The monoisotopic (exact) mass is 456 g/mol. The first-order chi connectivity index (χ1) is 15.0. The predicted octanol–water partition coefficient (Wildman–Crippen LogP) is 2.61. The quantitative estimate of drug-likeness (QED) is 0.716. The van der Waals surface area contributed by atoms with Crippen LogP contribution in [0.15, 0.2) is 36.7 Å². The minimum atomic E-state index is -5.08. The van der Waals surface area contributed by atoms with E-state index in [1.165, 1.54) is 17.7 Å². The number of aryl methyl sites for hydroxylation is 1. The van der Waals surface area contributed by atoms with Crippen LogP contribution in [0.3, 0.4) is 0 Å². The SMILES string of the molecule is Cn1cc(CN2CC[C@@H]3[C@@H]2CCN3C(=O)Cc2ccc(F)cc2)cn1.O=C(O)C(F)(F)F. The molecule has 0 spiro atoms. The van der Waals surface area contributed by atoms with Gasteiger partial charge in [-0.05, 0) is 30.5 Å². The number of amides is 1. The molecule has 1 N–H and O–H groups in total. The summed E-state index contributed by atoms with van der Waals surface area (Å²) in [5, 5.41) is 11.4. The van der Waals surface area contributed by atoms with Crippen molar-refractivity contribution in [1.82, 2.24) is 19.6 Å². The fourth-order valence-corrected chi connectivity index (χ4v) is 4.25. The summed E-state index contributed by atoms with van der Waals surface area (Å²) in [6.45, 7) is 2.73. The minimum absolute atomic E-state index is 0.155. The third-order valence-electron chi connectivity index (χ3n) is 5.67. The molecule has 2 saturated heterocycles. The Morgan fingerprint density at radius 2 is 1.72 bits per heavy atom. The number of rotatable bonds is 4. The van der Waals surface area contributed by atoms with Gasteiger partial charge < -0.3 is 10.0 Å². The van der Waals surface area contributed by atoms with Crippen molar-refractivity contribution in [3.8, 4) is 0 Å². The molecule has 32 heavy (non-hydrogen) atoms. The normalized spacial score (nSPS) is 20.6. The van der Waals surface area contributed by atoms with Gasteiger partial charge in [0.05, 0.1) is 12.6 Å². The lowest BCUT2D eigenvalue weighted by Crippen LogP contribution is -2.40. The third kappa shape index (κ3) is 5.84. The lowest BCUT2D eigenvalue weighted by Gasteiger charge is -2.25. The maximum Gasteiger partial charge on any atom is 0.490 e. The van der Waals surface area contributed by atoms with E-state index in [-0.39, 0.29) is 11.7 Å². The second-order valence-corrected chi connectivity index (χ2v) is 7.90. The number of carbonyl (C=O) groups is 2. The number of alkyl halides is 3. The van der Waals surface area contributed by atoms with Crippen LogP contribution in [0.4, 0.5) is 17.6 Å². The number of carboxylic acids is 1. The number of hydrogen-bond acceptors (Lipinski definition) is 4. The van der Waals surface area contributed by atoms with E-state index in [1.54, 1.807) is 12.1 Å². The second kappa shape index (κ2) is 9.68. The Balaban J connectivity index is 0.000000360. The van der Waals surface area contributed by atoms with Crippen LogP contribution in [0, 0.1) is 5.82 Å². The van der Waals surface area contributed by atoms with Crippen LogP contribution in [0.2, 0.25) is 0 Å². The number of benzene rings is 1. The van der Waals surface area contributed by atoms with Crippen molar-refractivity contribution in [2.24, 2.45) is 7.05 Å². The lowest BCUT2D eigenvalue weighted by molar-refractivity contribution is -0.192. The van der Waals surface area contributed by atoms with Gasteiger partial charge >= 0.3 is 12.1 Å². The molecule has 2 aliphatic heterocycles. The van der Waals surface area contributed by atoms with E-state index >= 15 is 0 Å². The molecule has 1 aromatic carbocycles. The summed E-state index contributed by atoms with van der Waals surface area (Å²) in [6, 6.07) is 6.98. The van der Waals surface area contributed by atoms with Gasteiger partial charge in [0.25, 0.3) is 0 Å². The van der Waals surface area contributed by atoms with E-state index in [9.17, 15) is 22.4 Å². The van der Waals surface area contributed by atoms with Crippen molar-refractivity contribution in [1.29, 1.82) is 0 Å². The molecule has 1 aromatic heterocycles. The maximum absolute atomic E-state index is 13.0. The van der Waals surface area contributed by atoms with Crippen LogP contribution in [-0.2, 0) is 29.6 Å². The van der Waals surface area contributed by atoms with E-state index in [4.69, 9.17) is 9.90 Å². The second-order valence-electron chi connectivity index (χ2n) is 7.90. The average Bonchev–Trinajstić information content (AvgIpc) is 3.41. The summed E-state index contributed by atoms with van der Waals surface area (Å²) in [4.78, 5) is 26.1. The van der Waals surface area contributed by atoms with Gasteiger partial charge in [-0.25, -0.2) is 9.18 Å². The number of hydrogen-bond donors (Lipinski definition) is 1.